The number of hydrogen-bond acceptors (Lipinski definition) is 2. The first kappa shape index (κ1) is 14.5. The van der Waals surface area contributed by atoms with Gasteiger partial charge in [-0.25, -0.2) is 13.2 Å². The fourth-order valence-electron chi connectivity index (χ4n) is 1.52. The Bertz CT molecular complexity index is 451. The van der Waals surface area contributed by atoms with Crippen LogP contribution in [0.1, 0.15) is 23.7 Å². The van der Waals surface area contributed by atoms with Crippen molar-refractivity contribution in [3.63, 3.8) is 0 Å². The lowest BCUT2D eigenvalue weighted by molar-refractivity contribution is 0.0733. The molecular formula is C12H15F3N2O. The SMILES string of the molecule is CC(CCN)N(C)C(=O)c1ccc(F)c(F)c1F. The quantitative estimate of drug-likeness (QED) is 0.841. The van der Waals surface area contributed by atoms with Crippen molar-refractivity contribution >= 4 is 5.91 Å². The number of carbonyl (C=O) groups excluding carboxylic acids is 1. The lowest BCUT2D eigenvalue weighted by atomic mass is 10.1. The summed E-state index contributed by atoms with van der Waals surface area (Å²) < 4.78 is 39.2. The fraction of sp³-hybridized carbons (Fsp3) is 0.417. The highest BCUT2D eigenvalue weighted by Crippen LogP contribution is 2.17. The van der Waals surface area contributed by atoms with E-state index in [1.54, 1.807) is 6.92 Å². The van der Waals surface area contributed by atoms with Gasteiger partial charge in [0, 0.05) is 13.1 Å². The van der Waals surface area contributed by atoms with Crippen LogP contribution in [0.25, 0.3) is 0 Å². The summed E-state index contributed by atoms with van der Waals surface area (Å²) in [6.45, 7) is 2.11. The molecule has 3 nitrogen and oxygen atoms in total. The molecule has 0 radical (unpaired) electrons. The third kappa shape index (κ3) is 2.81. The van der Waals surface area contributed by atoms with Crippen LogP contribution >= 0.6 is 0 Å². The maximum absolute atomic E-state index is 13.4. The van der Waals surface area contributed by atoms with Crippen molar-refractivity contribution in [1.29, 1.82) is 0 Å². The molecular weight excluding hydrogens is 245 g/mol. The summed E-state index contributed by atoms with van der Waals surface area (Å²) >= 11 is 0. The number of benzene rings is 1. The molecule has 1 aromatic rings. The smallest absolute Gasteiger partial charge is 0.256 e. The molecule has 100 valence electrons. The van der Waals surface area contributed by atoms with Gasteiger partial charge in [-0.2, -0.15) is 0 Å². The van der Waals surface area contributed by atoms with Gasteiger partial charge < -0.3 is 10.6 Å². The van der Waals surface area contributed by atoms with Crippen LogP contribution in [0.3, 0.4) is 0 Å². The number of nitrogens with zero attached hydrogens (tertiary/aromatic N) is 1. The Morgan fingerprint density at radius 2 is 1.94 bits per heavy atom. The highest BCUT2D eigenvalue weighted by molar-refractivity contribution is 5.94. The topological polar surface area (TPSA) is 46.3 Å². The van der Waals surface area contributed by atoms with Crippen molar-refractivity contribution < 1.29 is 18.0 Å². The standard InChI is InChI=1S/C12H15F3N2O/c1-7(5-6-16)17(2)12(18)8-3-4-9(13)11(15)10(8)14/h3-4,7H,5-6,16H2,1-2H3. The monoisotopic (exact) mass is 260 g/mol. The number of halogens is 3. The summed E-state index contributed by atoms with van der Waals surface area (Å²) in [4.78, 5) is 13.2. The maximum atomic E-state index is 13.4. The van der Waals surface area contributed by atoms with Crippen LogP contribution in [-0.4, -0.2) is 30.4 Å². The minimum absolute atomic E-state index is 0.213. The molecule has 18 heavy (non-hydrogen) atoms. The van der Waals surface area contributed by atoms with Gasteiger partial charge in [0.1, 0.15) is 0 Å². The highest BCUT2D eigenvalue weighted by atomic mass is 19.2. The van der Waals surface area contributed by atoms with E-state index >= 15 is 0 Å². The molecule has 0 spiro atoms. The van der Waals surface area contributed by atoms with Crippen LogP contribution in [0.15, 0.2) is 12.1 Å². The van der Waals surface area contributed by atoms with Gasteiger partial charge >= 0.3 is 0 Å². The minimum atomic E-state index is -1.64. The molecule has 2 N–H and O–H groups in total. The van der Waals surface area contributed by atoms with Gasteiger partial charge in [-0.1, -0.05) is 0 Å². The van der Waals surface area contributed by atoms with E-state index in [2.05, 4.69) is 0 Å². The Hall–Kier alpha value is -1.56. The van der Waals surface area contributed by atoms with Crippen molar-refractivity contribution in [3.8, 4) is 0 Å². The van der Waals surface area contributed by atoms with Crippen molar-refractivity contribution in [1.82, 2.24) is 4.90 Å². The molecule has 0 saturated carbocycles. The molecule has 0 bridgehead atoms. The minimum Gasteiger partial charge on any atom is -0.339 e. The van der Waals surface area contributed by atoms with E-state index in [9.17, 15) is 18.0 Å². The van der Waals surface area contributed by atoms with E-state index in [0.717, 1.165) is 12.1 Å². The molecule has 1 atom stereocenters. The predicted molar refractivity (Wildman–Crippen MR) is 61.5 cm³/mol. The second-order valence-electron chi connectivity index (χ2n) is 4.07. The molecule has 1 rings (SSSR count). The molecule has 6 heteroatoms. The number of amides is 1. The van der Waals surface area contributed by atoms with E-state index in [-0.39, 0.29) is 6.04 Å². The molecule has 0 aromatic heterocycles. The van der Waals surface area contributed by atoms with E-state index in [4.69, 9.17) is 5.73 Å². The molecule has 0 saturated heterocycles. The Morgan fingerprint density at radius 3 is 2.50 bits per heavy atom. The van der Waals surface area contributed by atoms with Gasteiger partial charge in [0.2, 0.25) is 0 Å². The van der Waals surface area contributed by atoms with E-state index in [0.29, 0.717) is 13.0 Å². The van der Waals surface area contributed by atoms with Crippen molar-refractivity contribution in [2.24, 2.45) is 5.73 Å². The zero-order chi connectivity index (χ0) is 13.9. The van der Waals surface area contributed by atoms with Crippen molar-refractivity contribution in [2.45, 2.75) is 19.4 Å². The molecule has 0 fully saturated rings. The Labute approximate surface area is 103 Å². The molecule has 0 heterocycles. The average molecular weight is 260 g/mol. The van der Waals surface area contributed by atoms with Gasteiger partial charge in [0.15, 0.2) is 17.5 Å². The fourth-order valence-corrected chi connectivity index (χ4v) is 1.52. The molecule has 1 aromatic carbocycles. The first-order valence-electron chi connectivity index (χ1n) is 5.50. The largest absolute Gasteiger partial charge is 0.339 e. The van der Waals surface area contributed by atoms with Crippen molar-refractivity contribution in [3.05, 3.63) is 35.1 Å². The van der Waals surface area contributed by atoms with Crippen LogP contribution < -0.4 is 5.73 Å². The second kappa shape index (κ2) is 5.86. The van der Waals surface area contributed by atoms with Crippen LogP contribution in [-0.2, 0) is 0 Å². The Kier molecular flexibility index (Phi) is 4.72. The Balaban J connectivity index is 3.01. The second-order valence-corrected chi connectivity index (χ2v) is 4.07. The third-order valence-electron chi connectivity index (χ3n) is 2.83. The summed E-state index contributed by atoms with van der Waals surface area (Å²) in [5, 5.41) is 0. The first-order valence-corrected chi connectivity index (χ1v) is 5.50. The van der Waals surface area contributed by atoms with Gasteiger partial charge in [-0.05, 0) is 32.0 Å². The summed E-state index contributed by atoms with van der Waals surface area (Å²) in [5.74, 6) is -5.12. The number of hydrogen-bond donors (Lipinski definition) is 1. The maximum Gasteiger partial charge on any atom is 0.256 e. The van der Waals surface area contributed by atoms with E-state index < -0.39 is 28.9 Å². The summed E-state index contributed by atoms with van der Waals surface area (Å²) in [5.41, 5.74) is 4.87. The molecule has 1 unspecified atom stereocenters. The molecule has 0 aliphatic heterocycles. The summed E-state index contributed by atoms with van der Waals surface area (Å²) in [6, 6.07) is 1.45. The van der Waals surface area contributed by atoms with Crippen LogP contribution in [0, 0.1) is 17.5 Å². The van der Waals surface area contributed by atoms with Gasteiger partial charge in [0.25, 0.3) is 5.91 Å². The van der Waals surface area contributed by atoms with Crippen LogP contribution in [0.2, 0.25) is 0 Å². The molecule has 0 aliphatic carbocycles. The zero-order valence-corrected chi connectivity index (χ0v) is 10.2. The van der Waals surface area contributed by atoms with Gasteiger partial charge in [-0.3, -0.25) is 4.79 Å². The zero-order valence-electron chi connectivity index (χ0n) is 10.2. The number of rotatable bonds is 4. The lowest BCUT2D eigenvalue weighted by Crippen LogP contribution is -2.37. The van der Waals surface area contributed by atoms with Crippen LogP contribution in [0.5, 0.6) is 0 Å². The first-order chi connectivity index (χ1) is 8.40. The predicted octanol–water partition coefficient (Wildman–Crippen LogP) is 1.91. The summed E-state index contributed by atoms with van der Waals surface area (Å²) in [7, 11) is 1.46. The molecule has 1 amide bonds. The average Bonchev–Trinajstić information content (AvgIpc) is 2.35. The highest BCUT2D eigenvalue weighted by Gasteiger charge is 2.23. The normalized spacial score (nSPS) is 12.3. The number of carbonyl (C=O) groups is 1. The van der Waals surface area contributed by atoms with Gasteiger partial charge in [-0.15, -0.1) is 0 Å². The third-order valence-corrected chi connectivity index (χ3v) is 2.83. The summed E-state index contributed by atoms with van der Waals surface area (Å²) in [6.07, 6.45) is 0.535. The lowest BCUT2D eigenvalue weighted by Gasteiger charge is -2.24. The van der Waals surface area contributed by atoms with Crippen molar-refractivity contribution in [2.75, 3.05) is 13.6 Å². The van der Waals surface area contributed by atoms with Crippen LogP contribution in [0.4, 0.5) is 13.2 Å². The number of nitrogens with two attached hydrogens (primary N) is 1. The van der Waals surface area contributed by atoms with Gasteiger partial charge in [0.05, 0.1) is 5.56 Å². The molecule has 0 aliphatic rings. The Morgan fingerprint density at radius 1 is 1.33 bits per heavy atom. The van der Waals surface area contributed by atoms with E-state index in [1.807, 2.05) is 0 Å². The van der Waals surface area contributed by atoms with E-state index in [1.165, 1.54) is 11.9 Å².